The van der Waals surface area contributed by atoms with Gasteiger partial charge in [0, 0.05) is 32.3 Å². The van der Waals surface area contributed by atoms with E-state index < -0.39 is 5.41 Å². The number of hydrogen-bond acceptors (Lipinski definition) is 2. The van der Waals surface area contributed by atoms with Crippen molar-refractivity contribution in [3.05, 3.63) is 209 Å². The van der Waals surface area contributed by atoms with Crippen LogP contribution in [0.2, 0.25) is 0 Å². The summed E-state index contributed by atoms with van der Waals surface area (Å²) in [5, 5.41) is 2.63. The molecule has 1 heterocycles. The lowest BCUT2D eigenvalue weighted by Crippen LogP contribution is -2.36. The molecule has 0 saturated carbocycles. The third-order valence-corrected chi connectivity index (χ3v) is 13.1. The van der Waals surface area contributed by atoms with Crippen LogP contribution in [0.1, 0.15) is 47.2 Å². The summed E-state index contributed by atoms with van der Waals surface area (Å²) in [6.07, 6.45) is 0. The summed E-state index contributed by atoms with van der Waals surface area (Å²) < 4.78 is 0. The molecule has 2 heteroatoms. The van der Waals surface area contributed by atoms with Gasteiger partial charge in [-0.25, -0.2) is 0 Å². The molecule has 1 aliphatic heterocycles. The van der Waals surface area contributed by atoms with Crippen molar-refractivity contribution < 1.29 is 0 Å². The Morgan fingerprint density at radius 1 is 0.385 bits per heavy atom. The van der Waals surface area contributed by atoms with E-state index in [1.807, 2.05) is 11.8 Å². The average Bonchev–Trinajstić information content (AvgIpc) is 3.42. The van der Waals surface area contributed by atoms with Gasteiger partial charge < -0.3 is 4.90 Å². The normalized spacial score (nSPS) is 15.0. The van der Waals surface area contributed by atoms with Gasteiger partial charge in [0.05, 0.1) is 5.41 Å². The van der Waals surface area contributed by atoms with Crippen LogP contribution in [0.25, 0.3) is 33.0 Å². The quantitative estimate of drug-likeness (QED) is 0.183. The zero-order valence-electron chi connectivity index (χ0n) is 29.1. The van der Waals surface area contributed by atoms with Gasteiger partial charge in [-0.05, 0) is 115 Å². The molecule has 8 aromatic rings. The number of rotatable bonds is 3. The fourth-order valence-corrected chi connectivity index (χ4v) is 10.9. The first-order valence-corrected chi connectivity index (χ1v) is 19.0. The minimum absolute atomic E-state index is 0.0974. The predicted molar refractivity (Wildman–Crippen MR) is 218 cm³/mol. The predicted octanol–water partition coefficient (Wildman–Crippen LogP) is 13.4. The summed E-state index contributed by atoms with van der Waals surface area (Å²) in [6, 6.07) is 66.0. The molecule has 0 fully saturated rings. The largest absolute Gasteiger partial charge is 0.310 e. The second-order valence-corrected chi connectivity index (χ2v) is 15.9. The van der Waals surface area contributed by atoms with Crippen LogP contribution in [0, 0.1) is 0 Å². The minimum Gasteiger partial charge on any atom is -0.310 e. The first-order chi connectivity index (χ1) is 25.5. The molecule has 1 nitrogen and oxygen atoms in total. The Balaban J connectivity index is 1.22. The van der Waals surface area contributed by atoms with E-state index in [-0.39, 0.29) is 5.41 Å². The van der Waals surface area contributed by atoms with Crippen molar-refractivity contribution in [3.8, 4) is 22.3 Å². The number of hydrogen-bond donors (Lipinski definition) is 0. The second kappa shape index (κ2) is 10.8. The van der Waals surface area contributed by atoms with Crippen LogP contribution in [0.15, 0.2) is 186 Å². The van der Waals surface area contributed by atoms with Crippen LogP contribution in [0.4, 0.5) is 17.1 Å². The molecule has 3 aliphatic rings. The van der Waals surface area contributed by atoms with Gasteiger partial charge in [0.2, 0.25) is 0 Å². The van der Waals surface area contributed by atoms with Gasteiger partial charge in [-0.15, -0.1) is 0 Å². The van der Waals surface area contributed by atoms with Gasteiger partial charge in [-0.2, -0.15) is 0 Å². The topological polar surface area (TPSA) is 3.24 Å². The van der Waals surface area contributed by atoms with E-state index in [0.717, 1.165) is 17.1 Å². The molecular formula is C50H35NS. The molecule has 0 radical (unpaired) electrons. The fourth-order valence-electron chi connectivity index (χ4n) is 9.67. The van der Waals surface area contributed by atoms with E-state index in [9.17, 15) is 0 Å². The molecule has 0 amide bonds. The van der Waals surface area contributed by atoms with Crippen molar-refractivity contribution in [1.82, 2.24) is 0 Å². The monoisotopic (exact) mass is 681 g/mol. The summed E-state index contributed by atoms with van der Waals surface area (Å²) in [5.41, 5.74) is 16.3. The Morgan fingerprint density at radius 2 is 0.904 bits per heavy atom. The van der Waals surface area contributed by atoms with Crippen LogP contribution >= 0.6 is 11.8 Å². The highest BCUT2D eigenvalue weighted by molar-refractivity contribution is 7.99. The molecule has 0 aromatic heterocycles. The minimum atomic E-state index is -0.498. The van der Waals surface area contributed by atoms with E-state index >= 15 is 0 Å². The van der Waals surface area contributed by atoms with E-state index in [1.54, 1.807) is 0 Å². The van der Waals surface area contributed by atoms with Gasteiger partial charge in [-0.1, -0.05) is 153 Å². The molecule has 2 aliphatic carbocycles. The molecule has 0 saturated heterocycles. The van der Waals surface area contributed by atoms with E-state index in [2.05, 4.69) is 195 Å². The molecular weight excluding hydrogens is 647 g/mol. The number of nitrogens with zero attached hydrogens (tertiary/aromatic N) is 1. The molecule has 0 atom stereocenters. The highest BCUT2D eigenvalue weighted by Gasteiger charge is 2.49. The molecule has 0 unspecified atom stereocenters. The average molecular weight is 682 g/mol. The SMILES string of the molecule is CC1(C)c2ccccc2-c2ccc(N(c3ccccc3)c3ccc4c(c3)C3(c5ccccc5Sc5ccccc53)c3cccc5cccc-4c35)cc21. The Bertz CT molecular complexity index is 2710. The van der Waals surface area contributed by atoms with Gasteiger partial charge in [-0.3, -0.25) is 0 Å². The number of anilines is 3. The summed E-state index contributed by atoms with van der Waals surface area (Å²) in [6.45, 7) is 4.73. The summed E-state index contributed by atoms with van der Waals surface area (Å²) >= 11 is 1.90. The van der Waals surface area contributed by atoms with Gasteiger partial charge in [0.1, 0.15) is 0 Å². The van der Waals surface area contributed by atoms with Crippen LogP contribution in [0.3, 0.4) is 0 Å². The van der Waals surface area contributed by atoms with Crippen molar-refractivity contribution in [2.75, 3.05) is 4.90 Å². The fraction of sp³-hybridized carbons (Fsp3) is 0.0800. The third-order valence-electron chi connectivity index (χ3n) is 11.9. The van der Waals surface area contributed by atoms with Crippen molar-refractivity contribution in [2.45, 2.75) is 34.5 Å². The molecule has 246 valence electrons. The summed E-state index contributed by atoms with van der Waals surface area (Å²) in [4.78, 5) is 5.09. The lowest BCUT2D eigenvalue weighted by atomic mass is 9.59. The van der Waals surface area contributed by atoms with Crippen LogP contribution in [0.5, 0.6) is 0 Å². The summed E-state index contributed by atoms with van der Waals surface area (Å²) in [7, 11) is 0. The lowest BCUT2D eigenvalue weighted by Gasteiger charge is -2.46. The third kappa shape index (κ3) is 3.91. The van der Waals surface area contributed by atoms with Gasteiger partial charge in [0.25, 0.3) is 0 Å². The van der Waals surface area contributed by atoms with Crippen LogP contribution in [-0.2, 0) is 10.8 Å². The smallest absolute Gasteiger partial charge is 0.0736 e. The van der Waals surface area contributed by atoms with Crippen molar-refractivity contribution in [3.63, 3.8) is 0 Å². The molecule has 52 heavy (non-hydrogen) atoms. The molecule has 11 rings (SSSR count). The van der Waals surface area contributed by atoms with E-state index in [0.29, 0.717) is 0 Å². The first-order valence-electron chi connectivity index (χ1n) is 18.2. The number of para-hydroxylation sites is 1. The van der Waals surface area contributed by atoms with Gasteiger partial charge >= 0.3 is 0 Å². The number of fused-ring (bicyclic) bond motifs is 11. The van der Waals surface area contributed by atoms with E-state index in [1.165, 1.54) is 76.2 Å². The number of benzene rings is 8. The maximum atomic E-state index is 2.51. The van der Waals surface area contributed by atoms with Crippen LogP contribution < -0.4 is 4.90 Å². The van der Waals surface area contributed by atoms with Crippen LogP contribution in [-0.4, -0.2) is 0 Å². The van der Waals surface area contributed by atoms with Crippen molar-refractivity contribution >= 4 is 39.6 Å². The van der Waals surface area contributed by atoms with E-state index in [4.69, 9.17) is 0 Å². The Hall–Kier alpha value is -5.83. The Morgan fingerprint density at radius 3 is 1.62 bits per heavy atom. The van der Waals surface area contributed by atoms with Crippen molar-refractivity contribution in [1.29, 1.82) is 0 Å². The zero-order chi connectivity index (χ0) is 34.6. The maximum Gasteiger partial charge on any atom is 0.0736 e. The molecule has 0 N–H and O–H groups in total. The molecule has 1 spiro atoms. The highest BCUT2D eigenvalue weighted by Crippen LogP contribution is 2.62. The second-order valence-electron chi connectivity index (χ2n) is 14.9. The standard InChI is InChI=1S/C50H35NS/c1-49(2)40-20-7-6-18-36(40)37-28-26-34(30-44(37)49)51(33-16-4-3-5-17-33)35-27-29-38-39-19-12-14-32-15-13-23-43(48(32)39)50(45(38)31-35)41-21-8-10-24-46(41)52-47-25-11-9-22-42(47)50/h3-31H,1-2H3. The summed E-state index contributed by atoms with van der Waals surface area (Å²) in [5.74, 6) is 0. The van der Waals surface area contributed by atoms with Crippen molar-refractivity contribution in [2.24, 2.45) is 0 Å². The lowest BCUT2D eigenvalue weighted by molar-refractivity contribution is 0.660. The Kier molecular flexibility index (Phi) is 6.22. The molecule has 0 bridgehead atoms. The Labute approximate surface area is 309 Å². The maximum absolute atomic E-state index is 2.51. The zero-order valence-corrected chi connectivity index (χ0v) is 29.9. The highest BCUT2D eigenvalue weighted by atomic mass is 32.2. The first kappa shape index (κ1) is 29.9. The molecule has 8 aromatic carbocycles. The van der Waals surface area contributed by atoms with Gasteiger partial charge in [0.15, 0.2) is 0 Å².